The minimum Gasteiger partial charge on any atom is -0.506 e. The molecular weight excluding hydrogens is 511 g/mol. The van der Waals surface area contributed by atoms with Gasteiger partial charge in [0.2, 0.25) is 5.95 Å². The summed E-state index contributed by atoms with van der Waals surface area (Å²) in [7, 11) is 1.66. The molecule has 2 aromatic carbocycles. The topological polar surface area (TPSA) is 87.9 Å². The van der Waals surface area contributed by atoms with Crippen LogP contribution in [0.25, 0.3) is 17.2 Å². The van der Waals surface area contributed by atoms with Crippen LogP contribution in [0.3, 0.4) is 0 Å². The molecule has 2 heterocycles. The third-order valence-corrected chi connectivity index (χ3v) is 7.69. The lowest BCUT2D eigenvalue weighted by Gasteiger charge is -2.16. The molecule has 9 heteroatoms. The van der Waals surface area contributed by atoms with E-state index in [-0.39, 0.29) is 13.7 Å². The van der Waals surface area contributed by atoms with E-state index < -0.39 is 0 Å². The minimum atomic E-state index is -0.283. The van der Waals surface area contributed by atoms with Crippen LogP contribution >= 0.6 is 23.9 Å². The number of aromatic nitrogens is 4. The molecule has 2 aromatic heterocycles. The van der Waals surface area contributed by atoms with Crippen molar-refractivity contribution in [2.24, 2.45) is 7.05 Å². The number of allylic oxidation sites excluding steroid dienone is 1. The summed E-state index contributed by atoms with van der Waals surface area (Å²) in [6.45, 7) is 4.45. The monoisotopic (exact) mass is 534 g/mol. The average Bonchev–Trinajstić information content (AvgIpc) is 3.08. The van der Waals surface area contributed by atoms with Gasteiger partial charge < -0.3 is 15.7 Å². The number of phenols is 1. The number of benzene rings is 2. The van der Waals surface area contributed by atoms with Crippen molar-refractivity contribution in [2.45, 2.75) is 6.42 Å². The maximum atomic E-state index is 10.7. The van der Waals surface area contributed by atoms with E-state index in [0.717, 1.165) is 39.0 Å². The van der Waals surface area contributed by atoms with Crippen LogP contribution in [0.1, 0.15) is 11.3 Å². The highest BCUT2D eigenvalue weighted by atomic mass is 79.9. The van der Waals surface area contributed by atoms with Crippen LogP contribution in [0.5, 0.6) is 5.75 Å². The number of rotatable bonds is 5. The van der Waals surface area contributed by atoms with Gasteiger partial charge in [0.15, 0.2) is 0 Å². The number of aryl methyl sites for hydroxylation is 1. The van der Waals surface area contributed by atoms with Gasteiger partial charge in [-0.1, -0.05) is 38.3 Å². The highest BCUT2D eigenvalue weighted by molar-refractivity contribution is 9.10. The number of aromatic hydroxyl groups is 1. The van der Waals surface area contributed by atoms with Gasteiger partial charge in [-0.3, -0.25) is 4.68 Å². The summed E-state index contributed by atoms with van der Waals surface area (Å²) in [4.78, 5) is 9.08. The largest absolute Gasteiger partial charge is 0.506 e. The van der Waals surface area contributed by atoms with Crippen molar-refractivity contribution < 1.29 is 5.11 Å². The van der Waals surface area contributed by atoms with Crippen molar-refractivity contribution >= 4 is 58.4 Å². The molecule has 3 N–H and O–H groups in total. The first-order chi connectivity index (χ1) is 16.4. The van der Waals surface area contributed by atoms with Gasteiger partial charge in [-0.25, -0.2) is 4.98 Å². The fourth-order valence-corrected chi connectivity index (χ4v) is 5.32. The Bertz CT molecular complexity index is 1410. The predicted molar refractivity (Wildman–Crippen MR) is 144 cm³/mol. The summed E-state index contributed by atoms with van der Waals surface area (Å²) in [5.74, 6) is 1.16. The first-order valence-corrected chi connectivity index (χ1v) is 13.8. The van der Waals surface area contributed by atoms with E-state index in [2.05, 4.69) is 79.2 Å². The van der Waals surface area contributed by atoms with Crippen LogP contribution < -0.4 is 15.9 Å². The summed E-state index contributed by atoms with van der Waals surface area (Å²) in [6.07, 6.45) is 8.47. The van der Waals surface area contributed by atoms with Crippen LogP contribution in [0.2, 0.25) is 0 Å². The SMILES string of the molecule is Cn1ncc2c1CC=Cc1cc(O)c(Nc3ncc(Br)c(Nc4ccccc4P(C)C)n3)cc1-2. The van der Waals surface area contributed by atoms with Crippen molar-refractivity contribution in [1.82, 2.24) is 19.7 Å². The Hall–Kier alpha value is -3.22. The molecule has 0 unspecified atom stereocenters. The lowest BCUT2D eigenvalue weighted by atomic mass is 10.00. The van der Waals surface area contributed by atoms with Crippen LogP contribution in [0.4, 0.5) is 23.1 Å². The normalized spacial score (nSPS) is 12.3. The van der Waals surface area contributed by atoms with Crippen molar-refractivity contribution in [3.63, 3.8) is 0 Å². The lowest BCUT2D eigenvalue weighted by Crippen LogP contribution is -2.09. The fraction of sp³-hybridized carbons (Fsp3) is 0.160. The standard InChI is InChI=1S/C25H24BrN6OP/c1-32-21-9-6-7-15-11-22(33)20(12-16(15)17(21)13-28-32)30-25-27-14-18(26)24(31-25)29-19-8-4-5-10-23(19)34(2)3/h4-8,10-14,33H,9H2,1-3H3,(H2,27,29,30,31). The summed E-state index contributed by atoms with van der Waals surface area (Å²) < 4.78 is 2.64. The molecule has 172 valence electrons. The molecule has 0 bridgehead atoms. The predicted octanol–water partition coefficient (Wildman–Crippen LogP) is 5.77. The Morgan fingerprint density at radius 3 is 2.71 bits per heavy atom. The highest BCUT2D eigenvalue weighted by Gasteiger charge is 2.18. The van der Waals surface area contributed by atoms with Crippen LogP contribution in [-0.2, 0) is 13.5 Å². The molecule has 5 rings (SSSR count). The zero-order valence-corrected chi connectivity index (χ0v) is 21.5. The number of nitrogens with zero attached hydrogens (tertiary/aromatic N) is 4. The number of fused-ring (bicyclic) bond motifs is 3. The Balaban J connectivity index is 1.49. The number of anilines is 4. The molecular formula is C25H24BrN6OP. The Labute approximate surface area is 207 Å². The van der Waals surface area contributed by atoms with E-state index in [9.17, 15) is 5.11 Å². The molecule has 34 heavy (non-hydrogen) atoms. The number of para-hydroxylation sites is 1. The van der Waals surface area contributed by atoms with Gasteiger partial charge in [0, 0.05) is 36.6 Å². The number of hydrogen-bond donors (Lipinski definition) is 3. The molecule has 1 aliphatic rings. The van der Waals surface area contributed by atoms with Crippen molar-refractivity contribution in [1.29, 1.82) is 0 Å². The van der Waals surface area contributed by atoms with Crippen molar-refractivity contribution in [3.8, 4) is 16.9 Å². The number of hydrogen-bond acceptors (Lipinski definition) is 6. The molecule has 0 saturated carbocycles. The second-order valence-electron chi connectivity index (χ2n) is 8.24. The molecule has 7 nitrogen and oxygen atoms in total. The zero-order valence-electron chi connectivity index (χ0n) is 19.0. The maximum Gasteiger partial charge on any atom is 0.229 e. The maximum absolute atomic E-state index is 10.7. The molecule has 0 amide bonds. The van der Waals surface area contributed by atoms with E-state index in [1.54, 1.807) is 12.3 Å². The highest BCUT2D eigenvalue weighted by Crippen LogP contribution is 2.39. The third-order valence-electron chi connectivity index (χ3n) is 5.76. The second kappa shape index (κ2) is 9.20. The smallest absolute Gasteiger partial charge is 0.229 e. The summed E-state index contributed by atoms with van der Waals surface area (Å²) in [6, 6.07) is 11.9. The minimum absolute atomic E-state index is 0.129. The van der Waals surface area contributed by atoms with E-state index >= 15 is 0 Å². The zero-order chi connectivity index (χ0) is 23.8. The van der Waals surface area contributed by atoms with Gasteiger partial charge in [-0.2, -0.15) is 10.1 Å². The first kappa shape index (κ1) is 22.6. The van der Waals surface area contributed by atoms with Crippen molar-refractivity contribution in [3.05, 3.63) is 70.6 Å². The third kappa shape index (κ3) is 4.31. The van der Waals surface area contributed by atoms with Crippen molar-refractivity contribution in [2.75, 3.05) is 24.0 Å². The molecule has 0 aliphatic heterocycles. The molecule has 4 aromatic rings. The van der Waals surface area contributed by atoms with Crippen LogP contribution in [-0.4, -0.2) is 38.2 Å². The van der Waals surface area contributed by atoms with E-state index in [4.69, 9.17) is 0 Å². The van der Waals surface area contributed by atoms with E-state index in [1.807, 2.05) is 36.1 Å². The first-order valence-electron chi connectivity index (χ1n) is 10.8. The van der Waals surface area contributed by atoms with Crippen LogP contribution in [0, 0.1) is 0 Å². The fourth-order valence-electron chi connectivity index (χ4n) is 4.04. The van der Waals surface area contributed by atoms with E-state index in [0.29, 0.717) is 17.5 Å². The number of nitrogens with one attached hydrogen (secondary N) is 2. The average molecular weight is 535 g/mol. The molecule has 0 fully saturated rings. The van der Waals surface area contributed by atoms with Gasteiger partial charge in [0.1, 0.15) is 11.6 Å². The Kier molecular flexibility index (Phi) is 6.11. The molecule has 0 spiro atoms. The Morgan fingerprint density at radius 1 is 1.06 bits per heavy atom. The number of halogens is 1. The van der Waals surface area contributed by atoms with Gasteiger partial charge in [0.25, 0.3) is 0 Å². The van der Waals surface area contributed by atoms with E-state index in [1.165, 1.54) is 5.30 Å². The second-order valence-corrected chi connectivity index (χ2v) is 11.4. The van der Waals surface area contributed by atoms with Gasteiger partial charge in [0.05, 0.1) is 16.4 Å². The molecule has 0 radical (unpaired) electrons. The molecule has 0 saturated heterocycles. The summed E-state index contributed by atoms with van der Waals surface area (Å²) >= 11 is 3.55. The van der Waals surface area contributed by atoms with Gasteiger partial charge in [-0.15, -0.1) is 0 Å². The molecule has 1 aliphatic carbocycles. The Morgan fingerprint density at radius 2 is 1.88 bits per heavy atom. The number of phenolic OH excluding ortho intramolecular Hbond substituents is 1. The summed E-state index contributed by atoms with van der Waals surface area (Å²) in [5.41, 5.74) is 5.68. The quantitative estimate of drug-likeness (QED) is 0.222. The van der Waals surface area contributed by atoms with Gasteiger partial charge >= 0.3 is 0 Å². The molecule has 0 atom stereocenters. The lowest BCUT2D eigenvalue weighted by molar-refractivity contribution is 0.477. The van der Waals surface area contributed by atoms with Gasteiger partial charge in [-0.05, 0) is 63.9 Å². The van der Waals surface area contributed by atoms with Crippen LogP contribution in [0.15, 0.2) is 59.3 Å². The summed E-state index contributed by atoms with van der Waals surface area (Å²) in [5, 5.41) is 23.0.